The van der Waals surface area contributed by atoms with Gasteiger partial charge in [0.05, 0.1) is 24.1 Å². The van der Waals surface area contributed by atoms with Crippen molar-refractivity contribution in [2.45, 2.75) is 50.7 Å². The molecule has 3 aromatic carbocycles. The third kappa shape index (κ3) is 4.14. The lowest BCUT2D eigenvalue weighted by Crippen LogP contribution is -2.44. The van der Waals surface area contributed by atoms with Gasteiger partial charge >= 0.3 is 5.97 Å². The van der Waals surface area contributed by atoms with Crippen molar-refractivity contribution in [2.24, 2.45) is 0 Å². The molecule has 0 bridgehead atoms. The zero-order chi connectivity index (χ0) is 24.7. The fourth-order valence-electron chi connectivity index (χ4n) is 5.30. The van der Waals surface area contributed by atoms with Crippen LogP contribution in [0.2, 0.25) is 0 Å². The molecule has 1 aliphatic carbocycles. The Labute approximate surface area is 204 Å². The van der Waals surface area contributed by atoms with Gasteiger partial charge in [0.1, 0.15) is 17.6 Å². The second kappa shape index (κ2) is 8.77. The Morgan fingerprint density at radius 2 is 1.86 bits per heavy atom. The highest BCUT2D eigenvalue weighted by Crippen LogP contribution is 2.44. The van der Waals surface area contributed by atoms with Crippen LogP contribution < -0.4 is 14.8 Å². The molecular weight excluding hydrogens is 442 g/mol. The fraction of sp³-hybridized carbons (Fsp3) is 0.310. The van der Waals surface area contributed by atoms with Crippen LogP contribution in [-0.4, -0.2) is 24.1 Å². The summed E-state index contributed by atoms with van der Waals surface area (Å²) in [4.78, 5) is 25.0. The molecule has 3 atom stereocenters. The lowest BCUT2D eigenvalue weighted by Gasteiger charge is -2.35. The molecular formula is C29H29NO5. The number of hydrogen-bond donors (Lipinski definition) is 2. The van der Waals surface area contributed by atoms with Crippen molar-refractivity contribution in [1.82, 2.24) is 5.32 Å². The van der Waals surface area contributed by atoms with Gasteiger partial charge in [-0.05, 0) is 67.6 Å². The van der Waals surface area contributed by atoms with E-state index in [-0.39, 0.29) is 23.6 Å². The monoisotopic (exact) mass is 471 g/mol. The maximum absolute atomic E-state index is 13.7. The van der Waals surface area contributed by atoms with Crippen molar-refractivity contribution in [2.75, 3.05) is 7.11 Å². The molecule has 3 aromatic rings. The Morgan fingerprint density at radius 3 is 2.57 bits per heavy atom. The Balaban J connectivity index is 1.46. The third-order valence-corrected chi connectivity index (χ3v) is 7.40. The minimum atomic E-state index is -0.971. The van der Waals surface area contributed by atoms with E-state index in [9.17, 15) is 14.7 Å². The second-order valence-electron chi connectivity index (χ2n) is 9.69. The van der Waals surface area contributed by atoms with Gasteiger partial charge in [-0.3, -0.25) is 4.79 Å². The predicted molar refractivity (Wildman–Crippen MR) is 132 cm³/mol. The molecule has 0 aromatic heterocycles. The van der Waals surface area contributed by atoms with Gasteiger partial charge in [-0.15, -0.1) is 0 Å². The number of hydrogen-bond acceptors (Lipinski definition) is 4. The second-order valence-corrected chi connectivity index (χ2v) is 9.69. The molecule has 1 aliphatic heterocycles. The number of carboxylic acid groups (broad SMARTS) is 1. The van der Waals surface area contributed by atoms with E-state index in [1.165, 1.54) is 11.1 Å². The summed E-state index contributed by atoms with van der Waals surface area (Å²) >= 11 is 0. The Morgan fingerprint density at radius 1 is 1.09 bits per heavy atom. The summed E-state index contributed by atoms with van der Waals surface area (Å²) < 4.78 is 11.7. The SMILES string of the molecule is COc1ccc2c(c1)O[C@@H](c1ccc(C(=O)O)cc1)C[C@H]2NC(=O)[C@@]1(C)CCc2cc(C)ccc21. The smallest absolute Gasteiger partial charge is 0.335 e. The number of nitrogens with one attached hydrogen (secondary N) is 1. The maximum Gasteiger partial charge on any atom is 0.335 e. The topological polar surface area (TPSA) is 84.9 Å². The van der Waals surface area contributed by atoms with Gasteiger partial charge < -0.3 is 19.9 Å². The molecule has 2 N–H and O–H groups in total. The number of methoxy groups -OCH3 is 1. The number of amides is 1. The first kappa shape index (κ1) is 23.0. The molecule has 180 valence electrons. The summed E-state index contributed by atoms with van der Waals surface area (Å²) in [5.74, 6) is 0.360. The van der Waals surface area contributed by atoms with E-state index in [0.29, 0.717) is 17.9 Å². The largest absolute Gasteiger partial charge is 0.497 e. The van der Waals surface area contributed by atoms with Crippen LogP contribution in [0.3, 0.4) is 0 Å². The average molecular weight is 472 g/mol. The van der Waals surface area contributed by atoms with Crippen LogP contribution in [0, 0.1) is 6.92 Å². The summed E-state index contributed by atoms with van der Waals surface area (Å²) in [5.41, 5.74) is 4.95. The summed E-state index contributed by atoms with van der Waals surface area (Å²) in [5, 5.41) is 12.6. The quantitative estimate of drug-likeness (QED) is 0.528. The zero-order valence-electron chi connectivity index (χ0n) is 20.1. The highest BCUT2D eigenvalue weighted by molar-refractivity contribution is 5.89. The fourth-order valence-corrected chi connectivity index (χ4v) is 5.30. The van der Waals surface area contributed by atoms with E-state index in [2.05, 4.69) is 30.4 Å². The van der Waals surface area contributed by atoms with E-state index in [1.54, 1.807) is 31.4 Å². The van der Waals surface area contributed by atoms with E-state index in [4.69, 9.17) is 9.47 Å². The van der Waals surface area contributed by atoms with E-state index < -0.39 is 11.4 Å². The van der Waals surface area contributed by atoms with Crippen LogP contribution in [0.4, 0.5) is 0 Å². The number of carboxylic acids is 1. The highest BCUT2D eigenvalue weighted by atomic mass is 16.5. The Kier molecular flexibility index (Phi) is 5.75. The van der Waals surface area contributed by atoms with Crippen LogP contribution >= 0.6 is 0 Å². The number of carbonyl (C=O) groups is 2. The van der Waals surface area contributed by atoms with Crippen molar-refractivity contribution in [1.29, 1.82) is 0 Å². The number of benzene rings is 3. The van der Waals surface area contributed by atoms with Crippen LogP contribution in [0.25, 0.3) is 0 Å². The summed E-state index contributed by atoms with van der Waals surface area (Å²) in [6.07, 6.45) is 1.86. The molecule has 6 heteroatoms. The van der Waals surface area contributed by atoms with Crippen molar-refractivity contribution < 1.29 is 24.2 Å². The molecule has 0 radical (unpaired) electrons. The first-order chi connectivity index (χ1) is 16.8. The van der Waals surface area contributed by atoms with Gasteiger partial charge in [-0.25, -0.2) is 4.79 Å². The molecule has 0 fully saturated rings. The number of rotatable bonds is 5. The molecule has 2 aliphatic rings. The molecule has 0 saturated carbocycles. The van der Waals surface area contributed by atoms with Gasteiger partial charge in [0, 0.05) is 18.1 Å². The summed E-state index contributed by atoms with van der Waals surface area (Å²) in [7, 11) is 1.60. The van der Waals surface area contributed by atoms with Crippen LogP contribution in [0.1, 0.15) is 70.1 Å². The zero-order valence-corrected chi connectivity index (χ0v) is 20.1. The van der Waals surface area contributed by atoms with Crippen molar-refractivity contribution in [3.8, 4) is 11.5 Å². The number of ether oxygens (including phenoxy) is 2. The van der Waals surface area contributed by atoms with Crippen LogP contribution in [-0.2, 0) is 16.6 Å². The Hall–Kier alpha value is -3.80. The van der Waals surface area contributed by atoms with Gasteiger partial charge in [0.25, 0.3) is 0 Å². The number of aryl methyl sites for hydroxylation is 2. The minimum Gasteiger partial charge on any atom is -0.497 e. The molecule has 5 rings (SSSR count). The normalized spacial score (nSPS) is 22.5. The predicted octanol–water partition coefficient (Wildman–Crippen LogP) is 5.29. The molecule has 35 heavy (non-hydrogen) atoms. The lowest BCUT2D eigenvalue weighted by atomic mass is 9.82. The minimum absolute atomic E-state index is 0.00810. The van der Waals surface area contributed by atoms with Gasteiger partial charge in [0.15, 0.2) is 0 Å². The number of aromatic carboxylic acids is 1. The molecule has 0 spiro atoms. The van der Waals surface area contributed by atoms with E-state index in [0.717, 1.165) is 29.5 Å². The lowest BCUT2D eigenvalue weighted by molar-refractivity contribution is -0.127. The number of fused-ring (bicyclic) bond motifs is 2. The molecule has 1 heterocycles. The molecule has 1 amide bonds. The third-order valence-electron chi connectivity index (χ3n) is 7.40. The number of carbonyl (C=O) groups excluding carboxylic acids is 1. The van der Waals surface area contributed by atoms with Crippen molar-refractivity contribution >= 4 is 11.9 Å². The summed E-state index contributed by atoms with van der Waals surface area (Å²) in [6, 6.07) is 18.4. The Bertz CT molecular complexity index is 1300. The molecule has 6 nitrogen and oxygen atoms in total. The molecule has 0 saturated heterocycles. The van der Waals surface area contributed by atoms with Crippen molar-refractivity contribution in [3.05, 3.63) is 94.0 Å². The highest BCUT2D eigenvalue weighted by Gasteiger charge is 2.42. The van der Waals surface area contributed by atoms with Gasteiger partial charge in [-0.1, -0.05) is 35.9 Å². The standard InChI is InChI=1S/C29H29NO5/c1-17-4-11-23-20(14-17)12-13-29(23,2)28(33)30-24-16-25(18-5-7-19(8-6-18)27(31)32)35-26-15-21(34-3)9-10-22(24)26/h4-11,14-15,24-25H,12-13,16H2,1-3H3,(H,30,33)(H,31,32)/t24-,25-,29+/m1/s1. The van der Waals surface area contributed by atoms with Crippen LogP contribution in [0.5, 0.6) is 11.5 Å². The van der Waals surface area contributed by atoms with Gasteiger partial charge in [0.2, 0.25) is 5.91 Å². The first-order valence-electron chi connectivity index (χ1n) is 11.9. The summed E-state index contributed by atoms with van der Waals surface area (Å²) in [6.45, 7) is 4.10. The van der Waals surface area contributed by atoms with E-state index >= 15 is 0 Å². The van der Waals surface area contributed by atoms with Gasteiger partial charge in [-0.2, -0.15) is 0 Å². The first-order valence-corrected chi connectivity index (χ1v) is 11.9. The van der Waals surface area contributed by atoms with Crippen molar-refractivity contribution in [3.63, 3.8) is 0 Å². The van der Waals surface area contributed by atoms with E-state index in [1.807, 2.05) is 25.1 Å². The van der Waals surface area contributed by atoms with Crippen LogP contribution in [0.15, 0.2) is 60.7 Å². The maximum atomic E-state index is 13.7. The molecule has 0 unspecified atom stereocenters. The average Bonchev–Trinajstić information content (AvgIpc) is 3.20.